The number of pyridine rings is 1. The Morgan fingerprint density at radius 3 is 2.75 bits per heavy atom. The number of aliphatic hydroxyl groups is 1. The van der Waals surface area contributed by atoms with Crippen molar-refractivity contribution in [3.8, 4) is 5.75 Å². The Kier molecular flexibility index (Phi) is 6.06. The second-order valence-electron chi connectivity index (χ2n) is 6.23. The second-order valence-corrected chi connectivity index (χ2v) is 6.23. The summed E-state index contributed by atoms with van der Waals surface area (Å²) in [5, 5.41) is 10.9. The summed E-state index contributed by atoms with van der Waals surface area (Å²) >= 11 is 0. The minimum atomic E-state index is -0.736. The molecule has 7 nitrogen and oxygen atoms in total. The van der Waals surface area contributed by atoms with Crippen LogP contribution < -0.4 is 4.74 Å². The van der Waals surface area contributed by atoms with Crippen molar-refractivity contribution in [3.63, 3.8) is 0 Å². The van der Waals surface area contributed by atoms with Crippen molar-refractivity contribution in [1.29, 1.82) is 0 Å². The summed E-state index contributed by atoms with van der Waals surface area (Å²) in [6, 6.07) is 9.55. The van der Waals surface area contributed by atoms with Gasteiger partial charge in [-0.25, -0.2) is 0 Å². The molecule has 0 aliphatic carbocycles. The third-order valence-electron chi connectivity index (χ3n) is 4.49. The van der Waals surface area contributed by atoms with Gasteiger partial charge in [0.1, 0.15) is 11.5 Å². The summed E-state index contributed by atoms with van der Waals surface area (Å²) in [7, 11) is 1.52. The molecule has 1 aromatic heterocycles. The average Bonchev–Trinajstić information content (AvgIpc) is 2.97. The summed E-state index contributed by atoms with van der Waals surface area (Å²) in [5.74, 6) is -1.08. The Bertz CT molecular complexity index is 895. The molecular weight excluding hydrogens is 360 g/mol. The summed E-state index contributed by atoms with van der Waals surface area (Å²) in [4.78, 5) is 30.9. The van der Waals surface area contributed by atoms with E-state index in [1.807, 2.05) is 6.92 Å². The number of likely N-dealkylation sites (tertiary alicyclic amines) is 1. The van der Waals surface area contributed by atoms with Crippen LogP contribution in [0.25, 0.3) is 5.76 Å². The van der Waals surface area contributed by atoms with E-state index in [-0.39, 0.29) is 24.5 Å². The van der Waals surface area contributed by atoms with Gasteiger partial charge >= 0.3 is 0 Å². The van der Waals surface area contributed by atoms with Gasteiger partial charge in [0.15, 0.2) is 0 Å². The average molecular weight is 382 g/mol. The van der Waals surface area contributed by atoms with Crippen LogP contribution in [0.3, 0.4) is 0 Å². The summed E-state index contributed by atoms with van der Waals surface area (Å²) in [6.07, 6.45) is 3.19. The molecule has 1 saturated heterocycles. The molecule has 2 aromatic rings. The maximum Gasteiger partial charge on any atom is 0.295 e. The molecule has 1 aliphatic rings. The Morgan fingerprint density at radius 2 is 2.07 bits per heavy atom. The number of ether oxygens (including phenoxy) is 2. The van der Waals surface area contributed by atoms with Crippen molar-refractivity contribution in [3.05, 3.63) is 65.5 Å². The van der Waals surface area contributed by atoms with Gasteiger partial charge in [0, 0.05) is 31.6 Å². The van der Waals surface area contributed by atoms with Gasteiger partial charge in [0.05, 0.1) is 24.8 Å². The predicted molar refractivity (Wildman–Crippen MR) is 103 cm³/mol. The van der Waals surface area contributed by atoms with Crippen LogP contribution in [0.5, 0.6) is 5.75 Å². The van der Waals surface area contributed by atoms with Crippen LogP contribution in [0.15, 0.2) is 54.4 Å². The van der Waals surface area contributed by atoms with Gasteiger partial charge < -0.3 is 19.5 Å². The number of carbonyl (C=O) groups excluding carboxylic acids is 2. The summed E-state index contributed by atoms with van der Waals surface area (Å²) < 4.78 is 10.5. The number of rotatable bonds is 7. The maximum atomic E-state index is 12.8. The fraction of sp³-hybridized carbons (Fsp3) is 0.286. The zero-order valence-corrected chi connectivity index (χ0v) is 15.8. The first-order valence-corrected chi connectivity index (χ1v) is 8.99. The molecule has 2 heterocycles. The van der Waals surface area contributed by atoms with E-state index in [0.29, 0.717) is 23.5 Å². The Morgan fingerprint density at radius 1 is 1.25 bits per heavy atom. The molecule has 1 fully saturated rings. The fourth-order valence-corrected chi connectivity index (χ4v) is 3.24. The minimum absolute atomic E-state index is 0.0303. The lowest BCUT2D eigenvalue weighted by Gasteiger charge is -2.24. The first-order chi connectivity index (χ1) is 13.6. The van der Waals surface area contributed by atoms with E-state index in [9.17, 15) is 14.7 Å². The van der Waals surface area contributed by atoms with Crippen LogP contribution in [0.1, 0.15) is 24.1 Å². The summed E-state index contributed by atoms with van der Waals surface area (Å²) in [5.41, 5.74) is 1.08. The highest BCUT2D eigenvalue weighted by atomic mass is 16.5. The lowest BCUT2D eigenvalue weighted by atomic mass is 9.96. The molecule has 1 aromatic carbocycles. The van der Waals surface area contributed by atoms with Gasteiger partial charge in [0.2, 0.25) is 0 Å². The molecule has 1 atom stereocenters. The fourth-order valence-electron chi connectivity index (χ4n) is 3.24. The first kappa shape index (κ1) is 19.6. The van der Waals surface area contributed by atoms with Crippen molar-refractivity contribution in [2.24, 2.45) is 0 Å². The van der Waals surface area contributed by atoms with Crippen molar-refractivity contribution >= 4 is 17.4 Å². The molecule has 7 heteroatoms. The second kappa shape index (κ2) is 8.67. The van der Waals surface area contributed by atoms with E-state index in [0.717, 1.165) is 0 Å². The smallest absolute Gasteiger partial charge is 0.295 e. The number of hydrogen-bond donors (Lipinski definition) is 1. The molecular formula is C21H22N2O5. The summed E-state index contributed by atoms with van der Waals surface area (Å²) in [6.45, 7) is 2.82. The first-order valence-electron chi connectivity index (χ1n) is 8.99. The molecule has 0 saturated carbocycles. The highest BCUT2D eigenvalue weighted by Gasteiger charge is 2.45. The quantitative estimate of drug-likeness (QED) is 0.450. The van der Waals surface area contributed by atoms with E-state index >= 15 is 0 Å². The number of nitrogens with zero attached hydrogens (tertiary/aromatic N) is 2. The molecule has 0 radical (unpaired) electrons. The number of methoxy groups -OCH3 is 1. The number of ketones is 1. The zero-order valence-electron chi connectivity index (χ0n) is 15.8. The number of aromatic nitrogens is 1. The van der Waals surface area contributed by atoms with E-state index < -0.39 is 17.7 Å². The van der Waals surface area contributed by atoms with Crippen LogP contribution in [0.4, 0.5) is 0 Å². The van der Waals surface area contributed by atoms with E-state index in [1.165, 1.54) is 12.0 Å². The monoisotopic (exact) mass is 382 g/mol. The SMILES string of the molecule is CCOc1cccc(C(O)=C2C(=O)C(=O)N(CCOC)C2c2cccnc2)c1. The van der Waals surface area contributed by atoms with Gasteiger partial charge in [-0.05, 0) is 30.7 Å². The van der Waals surface area contributed by atoms with Crippen LogP contribution in [-0.2, 0) is 14.3 Å². The molecule has 28 heavy (non-hydrogen) atoms. The Hall–Kier alpha value is -3.19. The van der Waals surface area contributed by atoms with Crippen molar-refractivity contribution in [1.82, 2.24) is 9.88 Å². The van der Waals surface area contributed by atoms with Crippen LogP contribution in [-0.4, -0.2) is 53.5 Å². The number of carbonyl (C=O) groups is 2. The number of Topliss-reactive ketones (excluding diaryl/α,β-unsaturated/α-hetero) is 1. The lowest BCUT2D eigenvalue weighted by Crippen LogP contribution is -2.32. The Labute approximate surface area is 163 Å². The van der Waals surface area contributed by atoms with E-state index in [2.05, 4.69) is 4.98 Å². The van der Waals surface area contributed by atoms with Crippen molar-refractivity contribution in [2.75, 3.05) is 26.9 Å². The molecule has 0 bridgehead atoms. The number of hydrogen-bond acceptors (Lipinski definition) is 6. The highest BCUT2D eigenvalue weighted by Crippen LogP contribution is 2.39. The highest BCUT2D eigenvalue weighted by molar-refractivity contribution is 6.46. The molecule has 1 aliphatic heterocycles. The predicted octanol–water partition coefficient (Wildman–Crippen LogP) is 2.55. The van der Waals surface area contributed by atoms with Crippen molar-refractivity contribution < 1.29 is 24.2 Å². The standard InChI is InChI=1S/C21H22N2O5/c1-3-28-16-8-4-6-14(12-16)19(24)17-18(15-7-5-9-22-13-15)23(10-11-27-2)21(26)20(17)25/h4-9,12-13,18,24H,3,10-11H2,1-2H3. The van der Waals surface area contributed by atoms with Gasteiger partial charge in [-0.2, -0.15) is 0 Å². The van der Waals surface area contributed by atoms with Crippen molar-refractivity contribution in [2.45, 2.75) is 13.0 Å². The molecule has 3 rings (SSSR count). The van der Waals surface area contributed by atoms with E-state index in [1.54, 1.807) is 48.8 Å². The lowest BCUT2D eigenvalue weighted by molar-refractivity contribution is -0.140. The van der Waals surface area contributed by atoms with Crippen LogP contribution >= 0.6 is 0 Å². The zero-order chi connectivity index (χ0) is 20.1. The van der Waals surface area contributed by atoms with Gasteiger partial charge in [0.25, 0.3) is 11.7 Å². The molecule has 1 N–H and O–H groups in total. The van der Waals surface area contributed by atoms with Crippen LogP contribution in [0, 0.1) is 0 Å². The van der Waals surface area contributed by atoms with Gasteiger partial charge in [-0.15, -0.1) is 0 Å². The topological polar surface area (TPSA) is 89.0 Å². The number of aliphatic hydroxyl groups excluding tert-OH is 1. The van der Waals surface area contributed by atoms with Crippen LogP contribution in [0.2, 0.25) is 0 Å². The number of amides is 1. The minimum Gasteiger partial charge on any atom is -0.507 e. The molecule has 0 spiro atoms. The van der Waals surface area contributed by atoms with Gasteiger partial charge in [-0.3, -0.25) is 14.6 Å². The van der Waals surface area contributed by atoms with E-state index in [4.69, 9.17) is 9.47 Å². The maximum absolute atomic E-state index is 12.8. The van der Waals surface area contributed by atoms with Gasteiger partial charge in [-0.1, -0.05) is 18.2 Å². The third kappa shape index (κ3) is 3.75. The molecule has 1 amide bonds. The Balaban J connectivity index is 2.12. The third-order valence-corrected chi connectivity index (χ3v) is 4.49. The largest absolute Gasteiger partial charge is 0.507 e. The molecule has 1 unspecified atom stereocenters. The number of benzene rings is 1. The normalized spacial score (nSPS) is 18.5. The molecule has 146 valence electrons.